The van der Waals surface area contributed by atoms with Crippen LogP contribution in [0.15, 0.2) is 21.0 Å². The summed E-state index contributed by atoms with van der Waals surface area (Å²) in [5.41, 5.74) is 2.87. The van der Waals surface area contributed by atoms with Crippen LogP contribution < -0.4 is 5.32 Å². The summed E-state index contributed by atoms with van der Waals surface area (Å²) in [5, 5.41) is 7.27. The predicted molar refractivity (Wildman–Crippen MR) is 97.2 cm³/mol. The third-order valence-corrected chi connectivity index (χ3v) is 4.60. The second-order valence-electron chi connectivity index (χ2n) is 5.89. The molecule has 1 amide bonds. The lowest BCUT2D eigenvalue weighted by atomic mass is 10.2. The van der Waals surface area contributed by atoms with Gasteiger partial charge in [-0.3, -0.25) is 4.79 Å². The van der Waals surface area contributed by atoms with Crippen LogP contribution in [0.1, 0.15) is 39.0 Å². The molecular weight excluding hydrogens is 386 g/mol. The van der Waals surface area contributed by atoms with Crippen LogP contribution in [0.4, 0.5) is 5.82 Å². The van der Waals surface area contributed by atoms with Crippen molar-refractivity contribution < 1.29 is 9.21 Å². The summed E-state index contributed by atoms with van der Waals surface area (Å²) < 4.78 is 7.68. The zero-order chi connectivity index (χ0) is 18.3. The van der Waals surface area contributed by atoms with E-state index >= 15 is 0 Å². The molecule has 8 heteroatoms. The van der Waals surface area contributed by atoms with Crippen molar-refractivity contribution in [2.24, 2.45) is 0 Å². The molecule has 0 atom stereocenters. The molecule has 25 heavy (non-hydrogen) atoms. The molecule has 0 aliphatic carbocycles. The summed E-state index contributed by atoms with van der Waals surface area (Å²) in [5.74, 6) is 1.83. The van der Waals surface area contributed by atoms with E-state index in [9.17, 15) is 4.79 Å². The van der Waals surface area contributed by atoms with Crippen molar-refractivity contribution in [3.63, 3.8) is 0 Å². The lowest BCUT2D eigenvalue weighted by molar-refractivity contribution is 0.102. The van der Waals surface area contributed by atoms with Gasteiger partial charge in [-0.05, 0) is 56.6 Å². The molecule has 3 aromatic rings. The van der Waals surface area contributed by atoms with Crippen LogP contribution in [-0.4, -0.2) is 25.7 Å². The molecule has 0 fully saturated rings. The molecule has 3 rings (SSSR count). The Morgan fingerprint density at radius 2 is 1.68 bits per heavy atom. The number of carbonyl (C=O) groups is 1. The summed E-state index contributed by atoms with van der Waals surface area (Å²) in [4.78, 5) is 21.5. The van der Waals surface area contributed by atoms with E-state index in [4.69, 9.17) is 4.42 Å². The number of nitrogens with zero attached hydrogens (tertiary/aromatic N) is 4. The average Bonchev–Trinajstić information content (AvgIpc) is 2.98. The van der Waals surface area contributed by atoms with Crippen molar-refractivity contribution in [2.75, 3.05) is 5.32 Å². The van der Waals surface area contributed by atoms with Crippen molar-refractivity contribution in [3.05, 3.63) is 50.8 Å². The number of halogens is 1. The van der Waals surface area contributed by atoms with Gasteiger partial charge in [0.2, 0.25) is 0 Å². The monoisotopic (exact) mass is 403 g/mol. The van der Waals surface area contributed by atoms with Crippen molar-refractivity contribution in [2.45, 2.75) is 34.6 Å². The molecule has 0 aliphatic rings. The van der Waals surface area contributed by atoms with Gasteiger partial charge in [0.25, 0.3) is 11.9 Å². The van der Waals surface area contributed by atoms with Crippen molar-refractivity contribution >= 4 is 27.7 Å². The Labute approximate surface area is 153 Å². The summed E-state index contributed by atoms with van der Waals surface area (Å²) >= 11 is 3.40. The van der Waals surface area contributed by atoms with Gasteiger partial charge < -0.3 is 9.73 Å². The van der Waals surface area contributed by atoms with Crippen molar-refractivity contribution in [1.82, 2.24) is 19.7 Å². The van der Waals surface area contributed by atoms with Gasteiger partial charge in [0, 0.05) is 17.5 Å². The summed E-state index contributed by atoms with van der Waals surface area (Å²) in [6, 6.07) is 3.65. The van der Waals surface area contributed by atoms with Crippen LogP contribution in [-0.2, 0) is 0 Å². The Hall–Kier alpha value is -2.48. The molecule has 130 valence electrons. The molecule has 1 N–H and O–H groups in total. The molecule has 7 nitrogen and oxygen atoms in total. The molecule has 0 bridgehead atoms. The van der Waals surface area contributed by atoms with Gasteiger partial charge in [0.1, 0.15) is 17.3 Å². The minimum Gasteiger partial charge on any atom is -0.465 e. The first-order valence-electron chi connectivity index (χ1n) is 7.72. The van der Waals surface area contributed by atoms with E-state index < -0.39 is 0 Å². The molecule has 0 aromatic carbocycles. The van der Waals surface area contributed by atoms with Gasteiger partial charge in [0.05, 0.1) is 15.7 Å². The number of aromatic nitrogens is 4. The van der Waals surface area contributed by atoms with E-state index in [1.165, 1.54) is 4.68 Å². The summed E-state index contributed by atoms with van der Waals surface area (Å²) in [6.45, 7) is 9.18. The Morgan fingerprint density at radius 3 is 2.24 bits per heavy atom. The number of rotatable bonds is 3. The summed E-state index contributed by atoms with van der Waals surface area (Å²) in [7, 11) is 0. The highest BCUT2D eigenvalue weighted by atomic mass is 79.9. The van der Waals surface area contributed by atoms with Crippen molar-refractivity contribution in [3.8, 4) is 5.95 Å². The fourth-order valence-electron chi connectivity index (χ4n) is 2.64. The molecule has 0 spiro atoms. The number of amides is 1. The zero-order valence-electron chi connectivity index (χ0n) is 14.6. The Balaban J connectivity index is 2.00. The number of aryl methyl sites for hydroxylation is 5. The Morgan fingerprint density at radius 1 is 1.04 bits per heavy atom. The van der Waals surface area contributed by atoms with Gasteiger partial charge in [0.15, 0.2) is 0 Å². The van der Waals surface area contributed by atoms with Gasteiger partial charge in [-0.15, -0.1) is 0 Å². The molecule has 3 heterocycles. The van der Waals surface area contributed by atoms with E-state index in [0.717, 1.165) is 17.1 Å². The number of furan rings is 1. The van der Waals surface area contributed by atoms with Crippen LogP contribution >= 0.6 is 15.9 Å². The number of hydrogen-bond acceptors (Lipinski definition) is 5. The van der Waals surface area contributed by atoms with E-state index in [2.05, 4.69) is 36.3 Å². The van der Waals surface area contributed by atoms with Gasteiger partial charge in [-0.1, -0.05) is 0 Å². The lowest BCUT2D eigenvalue weighted by Crippen LogP contribution is -2.17. The van der Waals surface area contributed by atoms with Crippen LogP contribution in [0.2, 0.25) is 0 Å². The second-order valence-corrected chi connectivity index (χ2v) is 6.68. The van der Waals surface area contributed by atoms with Crippen LogP contribution in [0.3, 0.4) is 0 Å². The molecule has 0 aliphatic heterocycles. The van der Waals surface area contributed by atoms with Crippen LogP contribution in [0, 0.1) is 34.6 Å². The van der Waals surface area contributed by atoms with Crippen molar-refractivity contribution in [1.29, 1.82) is 0 Å². The quantitative estimate of drug-likeness (QED) is 0.718. The Kier molecular flexibility index (Phi) is 4.47. The van der Waals surface area contributed by atoms with Gasteiger partial charge >= 0.3 is 0 Å². The maximum atomic E-state index is 12.7. The standard InChI is InChI=1S/C17H18BrN5O2/c1-8-6-9(2)20-17(19-8)23-13(7-10(3)22-23)21-16(24)14-11(4)25-12(5)15(14)18/h6-7H,1-5H3,(H,21,24). The molecule has 0 saturated heterocycles. The third kappa shape index (κ3) is 3.34. The molecule has 3 aromatic heterocycles. The first-order valence-corrected chi connectivity index (χ1v) is 8.51. The van der Waals surface area contributed by atoms with Crippen LogP contribution in [0.25, 0.3) is 5.95 Å². The molecular formula is C17H18BrN5O2. The lowest BCUT2D eigenvalue weighted by Gasteiger charge is -2.08. The molecule has 0 saturated carbocycles. The highest BCUT2D eigenvalue weighted by Gasteiger charge is 2.22. The number of anilines is 1. The van der Waals surface area contributed by atoms with E-state index in [0.29, 0.717) is 33.3 Å². The minimum atomic E-state index is -0.285. The summed E-state index contributed by atoms with van der Waals surface area (Å²) in [6.07, 6.45) is 0. The van der Waals surface area contributed by atoms with Gasteiger partial charge in [-0.25, -0.2) is 9.97 Å². The highest BCUT2D eigenvalue weighted by Crippen LogP contribution is 2.28. The fourth-order valence-corrected chi connectivity index (χ4v) is 3.18. The fraction of sp³-hybridized carbons (Fsp3) is 0.294. The van der Waals surface area contributed by atoms with E-state index in [1.807, 2.05) is 26.8 Å². The SMILES string of the molecule is Cc1cc(C)nc(-n2nc(C)cc2NC(=O)c2c(C)oc(C)c2Br)n1. The first kappa shape index (κ1) is 17.3. The predicted octanol–water partition coefficient (Wildman–Crippen LogP) is 3.81. The maximum absolute atomic E-state index is 12.7. The molecule has 0 unspecified atom stereocenters. The van der Waals surface area contributed by atoms with E-state index in [1.54, 1.807) is 19.9 Å². The molecule has 0 radical (unpaired) electrons. The highest BCUT2D eigenvalue weighted by molar-refractivity contribution is 9.10. The Bertz CT molecular complexity index is 954. The topological polar surface area (TPSA) is 85.8 Å². The third-order valence-electron chi connectivity index (χ3n) is 3.65. The van der Waals surface area contributed by atoms with Crippen LogP contribution in [0.5, 0.6) is 0 Å². The number of carbonyl (C=O) groups excluding carboxylic acids is 1. The normalized spacial score (nSPS) is 11.0. The van der Waals surface area contributed by atoms with Gasteiger partial charge in [-0.2, -0.15) is 9.78 Å². The maximum Gasteiger partial charge on any atom is 0.261 e. The number of hydrogen-bond donors (Lipinski definition) is 1. The zero-order valence-corrected chi connectivity index (χ0v) is 16.2. The largest absolute Gasteiger partial charge is 0.465 e. The van der Waals surface area contributed by atoms with E-state index in [-0.39, 0.29) is 5.91 Å². The second kappa shape index (κ2) is 6.44. The smallest absolute Gasteiger partial charge is 0.261 e. The number of nitrogens with one attached hydrogen (secondary N) is 1. The first-order chi connectivity index (χ1) is 11.8. The average molecular weight is 404 g/mol. The minimum absolute atomic E-state index is 0.285.